The highest BCUT2D eigenvalue weighted by atomic mass is 79.9. The zero-order chi connectivity index (χ0) is 15.1. The molecule has 0 atom stereocenters. The van der Waals surface area contributed by atoms with Gasteiger partial charge in [0.1, 0.15) is 22.2 Å². The Morgan fingerprint density at radius 2 is 2.00 bits per heavy atom. The van der Waals surface area contributed by atoms with Crippen molar-refractivity contribution in [3.63, 3.8) is 0 Å². The van der Waals surface area contributed by atoms with Crippen LogP contribution in [0, 0.1) is 0 Å². The van der Waals surface area contributed by atoms with E-state index in [1.165, 1.54) is 5.56 Å². The second kappa shape index (κ2) is 8.34. The minimum atomic E-state index is 0.925. The van der Waals surface area contributed by atoms with Crippen molar-refractivity contribution in [2.45, 2.75) is 43.2 Å². The maximum absolute atomic E-state index is 4.44. The van der Waals surface area contributed by atoms with Gasteiger partial charge in [-0.05, 0) is 52.7 Å². The molecule has 2 rings (SSSR count). The smallest absolute Gasteiger partial charge is 0.133 e. The van der Waals surface area contributed by atoms with Crippen molar-refractivity contribution < 1.29 is 0 Å². The van der Waals surface area contributed by atoms with Crippen LogP contribution in [0.25, 0.3) is 0 Å². The Kier molecular flexibility index (Phi) is 6.45. The minimum absolute atomic E-state index is 0.925. The molecule has 6 heteroatoms. The zero-order valence-corrected chi connectivity index (χ0v) is 14.7. The van der Waals surface area contributed by atoms with E-state index < -0.39 is 0 Å². The summed E-state index contributed by atoms with van der Waals surface area (Å²) in [4.78, 5) is 13.2. The molecule has 0 spiro atoms. The summed E-state index contributed by atoms with van der Waals surface area (Å²) in [6.07, 6.45) is 6.53. The molecule has 2 aromatic heterocycles. The fourth-order valence-electron chi connectivity index (χ4n) is 1.88. The summed E-state index contributed by atoms with van der Waals surface area (Å²) in [6.45, 7) is 5.24. The van der Waals surface area contributed by atoms with Crippen LogP contribution in [-0.4, -0.2) is 21.5 Å². The Balaban J connectivity index is 2.26. The summed E-state index contributed by atoms with van der Waals surface area (Å²) in [5, 5.41) is 5.32. The molecule has 0 saturated heterocycles. The normalized spacial score (nSPS) is 10.6. The van der Waals surface area contributed by atoms with E-state index in [2.05, 4.69) is 50.0 Å². The number of hydrogen-bond acceptors (Lipinski definition) is 5. The third-order valence-corrected chi connectivity index (χ3v) is 4.31. The number of rotatable bonds is 7. The topological polar surface area (TPSA) is 50.7 Å². The van der Waals surface area contributed by atoms with Gasteiger partial charge < -0.3 is 5.32 Å². The summed E-state index contributed by atoms with van der Waals surface area (Å²) in [5.74, 6) is 0.952. The molecule has 0 aliphatic carbocycles. The number of anilines is 1. The monoisotopic (exact) mass is 366 g/mol. The molecule has 0 fully saturated rings. The molecule has 112 valence electrons. The lowest BCUT2D eigenvalue weighted by Crippen LogP contribution is -2.07. The predicted molar refractivity (Wildman–Crippen MR) is 90.9 cm³/mol. The van der Waals surface area contributed by atoms with Gasteiger partial charge in [0.25, 0.3) is 0 Å². The fourth-order valence-corrected chi connectivity index (χ4v) is 2.97. The van der Waals surface area contributed by atoms with Crippen LogP contribution in [0.3, 0.4) is 0 Å². The van der Waals surface area contributed by atoms with Crippen molar-refractivity contribution in [1.29, 1.82) is 0 Å². The highest BCUT2D eigenvalue weighted by Gasteiger charge is 2.12. The number of aromatic nitrogens is 3. The summed E-state index contributed by atoms with van der Waals surface area (Å²) in [7, 11) is 0. The van der Waals surface area contributed by atoms with Gasteiger partial charge in [0.15, 0.2) is 0 Å². The van der Waals surface area contributed by atoms with E-state index in [9.17, 15) is 0 Å². The molecule has 0 unspecified atom stereocenters. The average Bonchev–Trinajstić information content (AvgIpc) is 2.50. The molecule has 21 heavy (non-hydrogen) atoms. The maximum atomic E-state index is 4.44. The van der Waals surface area contributed by atoms with Crippen molar-refractivity contribution in [3.8, 4) is 0 Å². The fraction of sp³-hybridized carbons (Fsp3) is 0.400. The lowest BCUT2D eigenvalue weighted by molar-refractivity contribution is 0.848. The van der Waals surface area contributed by atoms with Crippen LogP contribution >= 0.6 is 27.7 Å². The lowest BCUT2D eigenvalue weighted by atomic mass is 10.2. The molecular weight excluding hydrogens is 348 g/mol. The van der Waals surface area contributed by atoms with Gasteiger partial charge >= 0.3 is 0 Å². The second-order valence-electron chi connectivity index (χ2n) is 4.60. The van der Waals surface area contributed by atoms with Crippen LogP contribution in [0.4, 0.5) is 5.82 Å². The van der Waals surface area contributed by atoms with Gasteiger partial charge in [0.05, 0.1) is 0 Å². The number of halogens is 1. The first-order valence-corrected chi connectivity index (χ1v) is 8.72. The van der Waals surface area contributed by atoms with E-state index in [4.69, 9.17) is 0 Å². The molecule has 0 radical (unpaired) electrons. The van der Waals surface area contributed by atoms with E-state index in [0.717, 1.165) is 46.1 Å². The Bertz CT molecular complexity index is 574. The summed E-state index contributed by atoms with van der Waals surface area (Å²) < 4.78 is 0.980. The van der Waals surface area contributed by atoms with Gasteiger partial charge in [-0.15, -0.1) is 0 Å². The van der Waals surface area contributed by atoms with Crippen LogP contribution < -0.4 is 5.32 Å². The van der Waals surface area contributed by atoms with Crippen molar-refractivity contribution in [2.75, 3.05) is 11.9 Å². The van der Waals surface area contributed by atoms with Gasteiger partial charge in [-0.25, -0.2) is 15.0 Å². The highest BCUT2D eigenvalue weighted by Crippen LogP contribution is 2.31. The average molecular weight is 367 g/mol. The van der Waals surface area contributed by atoms with Crippen LogP contribution in [0.5, 0.6) is 0 Å². The second-order valence-corrected chi connectivity index (χ2v) is 6.52. The first-order valence-electron chi connectivity index (χ1n) is 7.11. The molecule has 0 bridgehead atoms. The third kappa shape index (κ3) is 4.68. The number of hydrogen-bond donors (Lipinski definition) is 1. The molecule has 0 amide bonds. The largest absolute Gasteiger partial charge is 0.370 e. The molecule has 2 heterocycles. The Labute approximate surface area is 138 Å². The summed E-state index contributed by atoms with van der Waals surface area (Å²) >= 11 is 4.99. The summed E-state index contributed by atoms with van der Waals surface area (Å²) in [6, 6.07) is 3.98. The molecule has 0 aliphatic rings. The van der Waals surface area contributed by atoms with Gasteiger partial charge in [0, 0.05) is 22.8 Å². The minimum Gasteiger partial charge on any atom is -0.370 e. The SMILES string of the molecule is CCCNc1ncnc(Sc2ccc(Br)cn2)c1CCC. The Hall–Kier alpha value is -1.14. The highest BCUT2D eigenvalue weighted by molar-refractivity contribution is 9.10. The maximum Gasteiger partial charge on any atom is 0.133 e. The molecule has 0 aromatic carbocycles. The first-order chi connectivity index (χ1) is 10.2. The predicted octanol–water partition coefficient (Wildman–Crippen LogP) is 4.56. The van der Waals surface area contributed by atoms with Crippen molar-refractivity contribution in [3.05, 3.63) is 34.7 Å². The van der Waals surface area contributed by atoms with Gasteiger partial charge in [0.2, 0.25) is 0 Å². The standard InChI is InChI=1S/C15H19BrN4S/c1-3-5-12-14(17-8-4-2)19-10-20-15(12)21-13-7-6-11(16)9-18-13/h6-7,9-10H,3-5,8H2,1-2H3,(H,17,19,20). The van der Waals surface area contributed by atoms with E-state index in [1.54, 1.807) is 24.3 Å². The van der Waals surface area contributed by atoms with E-state index in [1.807, 2.05) is 12.1 Å². The number of pyridine rings is 1. The van der Waals surface area contributed by atoms with Gasteiger partial charge in [-0.2, -0.15) is 0 Å². The van der Waals surface area contributed by atoms with E-state index in [-0.39, 0.29) is 0 Å². The molecule has 4 nitrogen and oxygen atoms in total. The number of nitrogens with one attached hydrogen (secondary N) is 1. The van der Waals surface area contributed by atoms with Crippen molar-refractivity contribution in [2.24, 2.45) is 0 Å². The quantitative estimate of drug-likeness (QED) is 0.727. The first kappa shape index (κ1) is 16.2. The summed E-state index contributed by atoms with van der Waals surface area (Å²) in [5.41, 5.74) is 1.18. The van der Waals surface area contributed by atoms with Crippen LogP contribution in [0.2, 0.25) is 0 Å². The zero-order valence-electron chi connectivity index (χ0n) is 12.3. The lowest BCUT2D eigenvalue weighted by Gasteiger charge is -2.13. The van der Waals surface area contributed by atoms with Crippen LogP contribution in [0.15, 0.2) is 39.2 Å². The molecule has 1 N–H and O–H groups in total. The third-order valence-electron chi connectivity index (χ3n) is 2.85. The molecule has 0 aliphatic heterocycles. The van der Waals surface area contributed by atoms with Gasteiger partial charge in [-0.3, -0.25) is 0 Å². The molecule has 0 saturated carbocycles. The molecule has 2 aromatic rings. The Morgan fingerprint density at radius 1 is 1.14 bits per heavy atom. The number of nitrogens with zero attached hydrogens (tertiary/aromatic N) is 3. The van der Waals surface area contributed by atoms with Crippen molar-refractivity contribution in [1.82, 2.24) is 15.0 Å². The van der Waals surface area contributed by atoms with Crippen molar-refractivity contribution >= 4 is 33.5 Å². The van der Waals surface area contributed by atoms with Crippen LogP contribution in [-0.2, 0) is 6.42 Å². The van der Waals surface area contributed by atoms with E-state index >= 15 is 0 Å². The van der Waals surface area contributed by atoms with E-state index in [0.29, 0.717) is 0 Å². The van der Waals surface area contributed by atoms with Crippen LogP contribution in [0.1, 0.15) is 32.3 Å². The molecular formula is C15H19BrN4S. The Morgan fingerprint density at radius 3 is 2.67 bits per heavy atom. The van der Waals surface area contributed by atoms with Gasteiger partial charge in [-0.1, -0.05) is 20.3 Å².